The summed E-state index contributed by atoms with van der Waals surface area (Å²) in [5.74, 6) is -1.08. The van der Waals surface area contributed by atoms with E-state index in [1.807, 2.05) is 24.0 Å². The van der Waals surface area contributed by atoms with Gasteiger partial charge in [0.15, 0.2) is 5.00 Å². The van der Waals surface area contributed by atoms with Crippen LogP contribution in [0.1, 0.15) is 13.3 Å². The molecule has 0 radical (unpaired) electrons. The number of carbonyl (C=O) groups is 1. The Morgan fingerprint density at radius 2 is 1.93 bits per heavy atom. The number of carbonyl (C=O) groups excluding carboxylic acids is 1. The molecule has 0 unspecified atom stereocenters. The fourth-order valence-corrected chi connectivity index (χ4v) is 3.31. The van der Waals surface area contributed by atoms with Crippen molar-refractivity contribution in [2.75, 3.05) is 18.0 Å². The van der Waals surface area contributed by atoms with Gasteiger partial charge in [0, 0.05) is 48.7 Å². The van der Waals surface area contributed by atoms with E-state index in [-0.39, 0.29) is 41.7 Å². The molecule has 0 aliphatic carbocycles. The molecule has 0 saturated heterocycles. The fraction of sp³-hybridized carbons (Fsp3) is 0.222. The van der Waals surface area contributed by atoms with Crippen LogP contribution in [0.4, 0.5) is 22.1 Å². The number of carboxylic acid groups (broad SMARTS) is 1. The Morgan fingerprint density at radius 3 is 2.55 bits per heavy atom. The maximum absolute atomic E-state index is 10.9. The van der Waals surface area contributed by atoms with Gasteiger partial charge < -0.3 is 14.8 Å². The number of aliphatic carboxylic acids is 1. The van der Waals surface area contributed by atoms with Gasteiger partial charge in [0.25, 0.3) is 5.69 Å². The fourth-order valence-electron chi connectivity index (χ4n) is 2.63. The van der Waals surface area contributed by atoms with Gasteiger partial charge in [-0.15, -0.1) is 10.2 Å². The number of non-ortho nitro benzene ring substituents is 1. The molecule has 11 heteroatoms. The van der Waals surface area contributed by atoms with Gasteiger partial charge in [-0.25, -0.2) is 0 Å². The average Bonchev–Trinajstić information content (AvgIpc) is 3.09. The minimum Gasteiger partial charge on any atom is -0.550 e. The molecule has 0 amide bonds. The van der Waals surface area contributed by atoms with Gasteiger partial charge in [-0.1, -0.05) is 0 Å². The van der Waals surface area contributed by atoms with Gasteiger partial charge in [-0.2, -0.15) is 4.37 Å². The molecular formula is C18H16N5NaO4S. The SMILES string of the molecule is CCN(CCC(=O)[O-])c1ccc(N=Nc2snc3ccc([N+](=O)[O-])cc23)cc1.[Na+]. The number of hydrogen-bond donors (Lipinski definition) is 0. The Bertz CT molecular complexity index is 1040. The number of rotatable bonds is 8. The van der Waals surface area contributed by atoms with Crippen molar-refractivity contribution in [1.29, 1.82) is 0 Å². The van der Waals surface area contributed by atoms with Crippen LogP contribution in [0.15, 0.2) is 52.7 Å². The topological polar surface area (TPSA) is 124 Å². The number of nitrogens with zero attached hydrogens (tertiary/aromatic N) is 5. The summed E-state index contributed by atoms with van der Waals surface area (Å²) in [6.45, 7) is 2.97. The second kappa shape index (κ2) is 10.4. The number of anilines is 1. The van der Waals surface area contributed by atoms with Gasteiger partial charge in [0.1, 0.15) is 0 Å². The Kier molecular flexibility index (Phi) is 8.21. The third kappa shape index (κ3) is 5.80. The number of fused-ring (bicyclic) bond motifs is 1. The first-order valence-electron chi connectivity index (χ1n) is 8.48. The first-order valence-corrected chi connectivity index (χ1v) is 9.25. The Labute approximate surface area is 192 Å². The summed E-state index contributed by atoms with van der Waals surface area (Å²) in [4.78, 5) is 23.1. The minimum atomic E-state index is -1.08. The van der Waals surface area contributed by atoms with Gasteiger partial charge in [-0.05, 0) is 48.8 Å². The minimum absolute atomic E-state index is 0. The average molecular weight is 421 g/mol. The molecule has 0 spiro atoms. The van der Waals surface area contributed by atoms with Gasteiger partial charge in [-0.3, -0.25) is 10.1 Å². The molecule has 0 N–H and O–H groups in total. The summed E-state index contributed by atoms with van der Waals surface area (Å²) in [5.41, 5.74) is 2.09. The zero-order chi connectivity index (χ0) is 20.1. The van der Waals surface area contributed by atoms with Crippen LogP contribution in [0.2, 0.25) is 0 Å². The van der Waals surface area contributed by atoms with Crippen molar-refractivity contribution in [2.24, 2.45) is 10.2 Å². The third-order valence-corrected chi connectivity index (χ3v) is 4.85. The number of benzene rings is 2. The second-order valence-corrected chi connectivity index (χ2v) is 6.62. The van der Waals surface area contributed by atoms with E-state index in [1.165, 1.54) is 12.1 Å². The van der Waals surface area contributed by atoms with Crippen LogP contribution < -0.4 is 39.6 Å². The van der Waals surface area contributed by atoms with Crippen molar-refractivity contribution in [3.05, 3.63) is 52.6 Å². The van der Waals surface area contributed by atoms with Crippen LogP contribution in [-0.4, -0.2) is 28.4 Å². The smallest absolute Gasteiger partial charge is 0.550 e. The van der Waals surface area contributed by atoms with Crippen molar-refractivity contribution < 1.29 is 44.4 Å². The molecule has 0 saturated carbocycles. The normalized spacial score (nSPS) is 10.8. The first kappa shape index (κ1) is 22.9. The van der Waals surface area contributed by atoms with Crippen molar-refractivity contribution in [3.63, 3.8) is 0 Å². The van der Waals surface area contributed by atoms with E-state index >= 15 is 0 Å². The molecule has 0 fully saturated rings. The molecule has 0 bridgehead atoms. The molecule has 3 aromatic rings. The molecule has 3 rings (SSSR count). The maximum atomic E-state index is 10.9. The predicted octanol–water partition coefficient (Wildman–Crippen LogP) is 0.590. The van der Waals surface area contributed by atoms with Crippen LogP contribution in [0, 0.1) is 10.1 Å². The van der Waals surface area contributed by atoms with E-state index in [2.05, 4.69) is 14.6 Å². The van der Waals surface area contributed by atoms with E-state index in [4.69, 9.17) is 0 Å². The summed E-state index contributed by atoms with van der Waals surface area (Å²) < 4.78 is 4.22. The summed E-state index contributed by atoms with van der Waals surface area (Å²) in [6, 6.07) is 11.6. The van der Waals surface area contributed by atoms with Gasteiger partial charge >= 0.3 is 29.6 Å². The van der Waals surface area contributed by atoms with Crippen LogP contribution in [0.25, 0.3) is 10.9 Å². The van der Waals surface area contributed by atoms with E-state index < -0.39 is 10.9 Å². The van der Waals surface area contributed by atoms with Crippen molar-refractivity contribution in [2.45, 2.75) is 13.3 Å². The van der Waals surface area contributed by atoms with Crippen LogP contribution in [0.5, 0.6) is 0 Å². The number of carboxylic acids is 1. The Morgan fingerprint density at radius 1 is 1.21 bits per heavy atom. The molecule has 0 atom stereocenters. The van der Waals surface area contributed by atoms with E-state index in [0.717, 1.165) is 17.2 Å². The predicted molar refractivity (Wildman–Crippen MR) is 104 cm³/mol. The molecule has 144 valence electrons. The van der Waals surface area contributed by atoms with E-state index in [1.54, 1.807) is 18.2 Å². The second-order valence-electron chi connectivity index (χ2n) is 5.86. The molecular weight excluding hydrogens is 405 g/mol. The largest absolute Gasteiger partial charge is 1.00 e. The summed E-state index contributed by atoms with van der Waals surface area (Å²) in [7, 11) is 0. The van der Waals surface area contributed by atoms with E-state index in [0.29, 0.717) is 34.7 Å². The quantitative estimate of drug-likeness (QED) is 0.227. The number of hydrogen-bond acceptors (Lipinski definition) is 9. The van der Waals surface area contributed by atoms with Crippen LogP contribution in [0.3, 0.4) is 0 Å². The standard InChI is InChI=1S/C18H17N5O4S.Na/c1-2-22(10-9-17(24)25)13-5-3-12(4-6-13)19-20-18-15-11-14(23(26)27)7-8-16(15)21-28-18;/h3-8,11H,2,9-10H2,1H3,(H,24,25);/q;+1/p-1. The summed E-state index contributed by atoms with van der Waals surface area (Å²) in [6.07, 6.45) is -0.0418. The molecule has 0 aliphatic heterocycles. The molecule has 1 heterocycles. The molecule has 0 aliphatic rings. The zero-order valence-electron chi connectivity index (χ0n) is 15.9. The maximum Gasteiger partial charge on any atom is 1.00 e. The third-order valence-electron chi connectivity index (χ3n) is 4.09. The number of azo groups is 1. The number of nitro groups is 1. The molecule has 2 aromatic carbocycles. The van der Waals surface area contributed by atoms with Gasteiger partial charge in [0.05, 0.1) is 16.1 Å². The summed E-state index contributed by atoms with van der Waals surface area (Å²) in [5, 5.41) is 31.0. The molecule has 1 aromatic heterocycles. The monoisotopic (exact) mass is 421 g/mol. The van der Waals surface area contributed by atoms with Crippen LogP contribution >= 0.6 is 11.5 Å². The van der Waals surface area contributed by atoms with Crippen LogP contribution in [-0.2, 0) is 4.79 Å². The number of aromatic nitrogens is 1. The van der Waals surface area contributed by atoms with Crippen molar-refractivity contribution in [3.8, 4) is 0 Å². The van der Waals surface area contributed by atoms with E-state index in [9.17, 15) is 20.0 Å². The number of nitro benzene ring substituents is 1. The van der Waals surface area contributed by atoms with Gasteiger partial charge in [0.2, 0.25) is 0 Å². The van der Waals surface area contributed by atoms with Crippen molar-refractivity contribution >= 4 is 50.5 Å². The first-order chi connectivity index (χ1) is 13.5. The zero-order valence-corrected chi connectivity index (χ0v) is 18.8. The molecule has 9 nitrogen and oxygen atoms in total. The molecule has 29 heavy (non-hydrogen) atoms. The summed E-state index contributed by atoms with van der Waals surface area (Å²) >= 11 is 1.12. The Hall–Kier alpha value is -2.40. The van der Waals surface area contributed by atoms with Crippen molar-refractivity contribution in [1.82, 2.24) is 4.37 Å². The Balaban J connectivity index is 0.00000300.